The molecule has 1 radical (unpaired) electrons. The molecular weight excluding hydrogens is 302 g/mol. The minimum atomic E-state index is -0.374. The van der Waals surface area contributed by atoms with Gasteiger partial charge in [-0.3, -0.25) is 14.9 Å². The molecule has 0 saturated heterocycles. The van der Waals surface area contributed by atoms with Crippen molar-refractivity contribution in [1.82, 2.24) is 0 Å². The van der Waals surface area contributed by atoms with E-state index in [4.69, 9.17) is 0 Å². The first-order valence-electron chi connectivity index (χ1n) is 8.50. The molecule has 0 heterocycles. The van der Waals surface area contributed by atoms with Gasteiger partial charge in [0.15, 0.2) is 6.29 Å². The van der Waals surface area contributed by atoms with Crippen LogP contribution in [0.15, 0.2) is 60.4 Å². The molecule has 0 aromatic heterocycles. The van der Waals surface area contributed by atoms with Crippen LogP contribution in [-0.2, 0) is 4.79 Å². The molecule has 0 unspecified atom stereocenters. The van der Waals surface area contributed by atoms with Crippen LogP contribution in [-0.4, -0.2) is 11.2 Å². The molecule has 0 atom stereocenters. The molecule has 0 bridgehead atoms. The van der Waals surface area contributed by atoms with Crippen molar-refractivity contribution in [2.24, 2.45) is 0 Å². The minimum Gasteiger partial charge on any atom is -0.291 e. The van der Waals surface area contributed by atoms with E-state index in [1.807, 2.05) is 12.2 Å². The first kappa shape index (κ1) is 21.8. The third-order valence-electron chi connectivity index (χ3n) is 3.15. The lowest BCUT2D eigenvalue weighted by atomic mass is 10.2. The van der Waals surface area contributed by atoms with Crippen LogP contribution in [0.4, 0.5) is 0 Å². The van der Waals surface area contributed by atoms with E-state index in [0.717, 1.165) is 25.7 Å². The summed E-state index contributed by atoms with van der Waals surface area (Å²) >= 11 is 0. The molecule has 0 aliphatic rings. The third-order valence-corrected chi connectivity index (χ3v) is 3.15. The summed E-state index contributed by atoms with van der Waals surface area (Å²) in [5.74, 6) is 0. The Morgan fingerprint density at radius 2 is 1.42 bits per heavy atom. The monoisotopic (exact) mass is 330 g/mol. The van der Waals surface area contributed by atoms with E-state index < -0.39 is 0 Å². The second-order valence-corrected chi connectivity index (χ2v) is 5.19. The Bertz CT molecular complexity index is 485. The Labute approximate surface area is 145 Å². The van der Waals surface area contributed by atoms with Crippen molar-refractivity contribution in [1.29, 1.82) is 0 Å². The lowest BCUT2D eigenvalue weighted by Crippen LogP contribution is -1.98. The highest BCUT2D eigenvalue weighted by Crippen LogP contribution is 2.09. The number of hydrogen-bond acceptors (Lipinski definition) is 3. The van der Waals surface area contributed by atoms with Gasteiger partial charge >= 0.3 is 0 Å². The molecule has 4 heteroatoms. The van der Waals surface area contributed by atoms with Crippen molar-refractivity contribution >= 4 is 6.29 Å². The molecule has 0 N–H and O–H groups in total. The maximum Gasteiger partial charge on any atom is 0.242 e. The summed E-state index contributed by atoms with van der Waals surface area (Å²) in [5, 5.41) is 10.8. The Kier molecular flexibility index (Phi) is 15.5. The second kappa shape index (κ2) is 17.1. The summed E-state index contributed by atoms with van der Waals surface area (Å²) in [6.07, 6.45) is 25.5. The standard InChI is InChI=1S/C20H28NO3/c1-2-3-4-5-6-7-8-9-10-11-12-13-14-17-20(21(23)24)18-15-16-19-22/h3-4,6-7,9-10,12-13,17H,2,5,8,11,14-16,18H2,1H3/b4-3-,7-6-,10-9-,13-12-,20-17+. The van der Waals surface area contributed by atoms with Crippen molar-refractivity contribution < 1.29 is 9.72 Å². The predicted octanol–water partition coefficient (Wildman–Crippen LogP) is 5.62. The lowest BCUT2D eigenvalue weighted by molar-refractivity contribution is -0.428. The van der Waals surface area contributed by atoms with Crippen LogP contribution in [0.25, 0.3) is 0 Å². The Morgan fingerprint density at radius 3 is 1.88 bits per heavy atom. The zero-order valence-corrected chi connectivity index (χ0v) is 14.5. The van der Waals surface area contributed by atoms with Crippen molar-refractivity contribution in [2.75, 3.05) is 0 Å². The van der Waals surface area contributed by atoms with E-state index in [-0.39, 0.29) is 17.0 Å². The zero-order chi connectivity index (χ0) is 17.9. The maximum absolute atomic E-state index is 10.8. The summed E-state index contributed by atoms with van der Waals surface area (Å²) in [6, 6.07) is 0. The van der Waals surface area contributed by atoms with E-state index in [1.165, 1.54) is 0 Å². The van der Waals surface area contributed by atoms with Gasteiger partial charge < -0.3 is 0 Å². The molecule has 131 valence electrons. The van der Waals surface area contributed by atoms with E-state index in [0.29, 0.717) is 19.3 Å². The summed E-state index contributed by atoms with van der Waals surface area (Å²) in [4.78, 5) is 20.6. The van der Waals surface area contributed by atoms with Gasteiger partial charge in [-0.2, -0.15) is 0 Å². The van der Waals surface area contributed by atoms with Crippen LogP contribution in [0.2, 0.25) is 0 Å². The Hall–Kier alpha value is -2.23. The van der Waals surface area contributed by atoms with E-state index in [1.54, 1.807) is 12.4 Å². The normalized spacial score (nSPS) is 13.0. The highest BCUT2D eigenvalue weighted by molar-refractivity contribution is 5.50. The molecule has 4 nitrogen and oxygen atoms in total. The van der Waals surface area contributed by atoms with Crippen LogP contribution in [0, 0.1) is 10.1 Å². The van der Waals surface area contributed by atoms with Crippen LogP contribution >= 0.6 is 0 Å². The first-order valence-corrected chi connectivity index (χ1v) is 8.50. The number of rotatable bonds is 14. The molecule has 0 aliphatic heterocycles. The smallest absolute Gasteiger partial charge is 0.242 e. The van der Waals surface area contributed by atoms with Gasteiger partial charge in [0.1, 0.15) is 0 Å². The largest absolute Gasteiger partial charge is 0.291 e. The highest BCUT2D eigenvalue weighted by atomic mass is 16.6. The summed E-state index contributed by atoms with van der Waals surface area (Å²) < 4.78 is 0. The molecule has 0 aliphatic carbocycles. The summed E-state index contributed by atoms with van der Waals surface area (Å²) in [6.45, 7) is 2.12. The maximum atomic E-state index is 10.8. The zero-order valence-electron chi connectivity index (χ0n) is 14.5. The van der Waals surface area contributed by atoms with Gasteiger partial charge in [-0.15, -0.1) is 0 Å². The average Bonchev–Trinajstić information content (AvgIpc) is 2.57. The number of nitro groups is 1. The quantitative estimate of drug-likeness (QED) is 0.180. The second-order valence-electron chi connectivity index (χ2n) is 5.19. The number of unbranched alkanes of at least 4 members (excludes halogenated alkanes) is 1. The third kappa shape index (κ3) is 14.7. The van der Waals surface area contributed by atoms with Crippen LogP contribution < -0.4 is 0 Å². The van der Waals surface area contributed by atoms with Crippen molar-refractivity contribution in [3.63, 3.8) is 0 Å². The van der Waals surface area contributed by atoms with Gasteiger partial charge in [0, 0.05) is 12.8 Å². The molecule has 0 spiro atoms. The lowest BCUT2D eigenvalue weighted by Gasteiger charge is -1.95. The summed E-state index contributed by atoms with van der Waals surface area (Å²) in [5.41, 5.74) is 0.174. The SMILES string of the molecule is CC/C=C\C/C=C\C/C=C\C/C=C\C/C=C(\CCC[C]=O)[N+](=O)[O-]. The molecule has 0 saturated carbocycles. The molecule has 0 fully saturated rings. The number of allylic oxidation sites excluding steroid dienone is 10. The number of carbonyl (C=O) groups excluding carboxylic acids is 1. The van der Waals surface area contributed by atoms with Crippen molar-refractivity contribution in [2.45, 2.75) is 58.3 Å². The van der Waals surface area contributed by atoms with E-state index >= 15 is 0 Å². The fraction of sp³-hybridized carbons (Fsp3) is 0.450. The van der Waals surface area contributed by atoms with Gasteiger partial charge in [-0.1, -0.05) is 55.5 Å². The Morgan fingerprint density at radius 1 is 0.917 bits per heavy atom. The molecule has 0 amide bonds. The summed E-state index contributed by atoms with van der Waals surface area (Å²) in [7, 11) is 0. The number of hydrogen-bond donors (Lipinski definition) is 0. The highest BCUT2D eigenvalue weighted by Gasteiger charge is 2.08. The van der Waals surface area contributed by atoms with Crippen molar-refractivity contribution in [3.05, 3.63) is 70.5 Å². The molecule has 0 aromatic rings. The van der Waals surface area contributed by atoms with E-state index in [2.05, 4.69) is 43.4 Å². The van der Waals surface area contributed by atoms with Crippen LogP contribution in [0.3, 0.4) is 0 Å². The fourth-order valence-electron chi connectivity index (χ4n) is 1.89. The fourth-order valence-corrected chi connectivity index (χ4v) is 1.89. The van der Waals surface area contributed by atoms with Gasteiger partial charge in [-0.05, 0) is 44.6 Å². The molecule has 24 heavy (non-hydrogen) atoms. The van der Waals surface area contributed by atoms with Crippen molar-refractivity contribution in [3.8, 4) is 0 Å². The predicted molar refractivity (Wildman–Crippen MR) is 99.9 cm³/mol. The number of nitrogens with zero attached hydrogens (tertiary/aromatic N) is 1. The van der Waals surface area contributed by atoms with Gasteiger partial charge in [0.2, 0.25) is 5.70 Å². The molecule has 0 aromatic carbocycles. The van der Waals surface area contributed by atoms with Gasteiger partial charge in [-0.25, -0.2) is 0 Å². The van der Waals surface area contributed by atoms with Crippen LogP contribution in [0.5, 0.6) is 0 Å². The minimum absolute atomic E-state index is 0.174. The molecule has 0 rings (SSSR count). The molecular formula is C20H28NO3. The van der Waals surface area contributed by atoms with Crippen LogP contribution in [0.1, 0.15) is 58.3 Å². The Balaban J connectivity index is 3.91. The van der Waals surface area contributed by atoms with E-state index in [9.17, 15) is 14.9 Å². The topological polar surface area (TPSA) is 60.2 Å². The van der Waals surface area contributed by atoms with Gasteiger partial charge in [0.25, 0.3) is 0 Å². The first-order chi connectivity index (χ1) is 11.7. The van der Waals surface area contributed by atoms with Gasteiger partial charge in [0.05, 0.1) is 4.92 Å². The average molecular weight is 330 g/mol.